The molecule has 28 heavy (non-hydrogen) atoms. The number of rotatable bonds is 3. The highest BCUT2D eigenvalue weighted by Gasteiger charge is 2.57. The van der Waals surface area contributed by atoms with Gasteiger partial charge in [-0.3, -0.25) is 4.90 Å². The number of methoxy groups -OCH3 is 1. The summed E-state index contributed by atoms with van der Waals surface area (Å²) in [6, 6.07) is 12.4. The molecule has 1 fully saturated rings. The molecule has 4 rings (SSSR count). The molecule has 2 aliphatic rings. The van der Waals surface area contributed by atoms with Gasteiger partial charge in [-0.2, -0.15) is 0 Å². The van der Waals surface area contributed by atoms with E-state index in [2.05, 4.69) is 37.9 Å². The Morgan fingerprint density at radius 2 is 1.86 bits per heavy atom. The summed E-state index contributed by atoms with van der Waals surface area (Å²) in [7, 11) is 3.80. The number of nitrogens with zero attached hydrogens (tertiary/aromatic N) is 1. The predicted molar refractivity (Wildman–Crippen MR) is 120 cm³/mol. The number of hydrogen-bond acceptors (Lipinski definition) is 3. The van der Waals surface area contributed by atoms with E-state index < -0.39 is 0 Å². The van der Waals surface area contributed by atoms with E-state index in [0.29, 0.717) is 5.75 Å². The Hall–Kier alpha value is -1.23. The first kappa shape index (κ1) is 21.5. The van der Waals surface area contributed by atoms with Gasteiger partial charge in [-0.1, -0.05) is 43.6 Å². The summed E-state index contributed by atoms with van der Waals surface area (Å²) in [5.41, 5.74) is 3.94. The van der Waals surface area contributed by atoms with Gasteiger partial charge in [0.25, 0.3) is 0 Å². The van der Waals surface area contributed by atoms with Crippen LogP contribution in [0.4, 0.5) is 0 Å². The van der Waals surface area contributed by atoms with Crippen molar-refractivity contribution < 1.29 is 9.84 Å². The van der Waals surface area contributed by atoms with Crippen LogP contribution in [0.5, 0.6) is 11.5 Å². The first-order valence-corrected chi connectivity index (χ1v) is 10.0. The maximum atomic E-state index is 10.5. The maximum Gasteiger partial charge on any atom is 0.160 e. The van der Waals surface area contributed by atoms with E-state index in [1.807, 2.05) is 24.3 Å². The van der Waals surface area contributed by atoms with Crippen LogP contribution in [0.1, 0.15) is 49.4 Å². The van der Waals surface area contributed by atoms with Crippen molar-refractivity contribution in [2.45, 2.75) is 44.6 Å². The van der Waals surface area contributed by atoms with Gasteiger partial charge in [0.15, 0.2) is 11.5 Å². The van der Waals surface area contributed by atoms with Gasteiger partial charge in [0.1, 0.15) is 0 Å². The monoisotopic (exact) mass is 465 g/mol. The summed E-state index contributed by atoms with van der Waals surface area (Å²) >= 11 is 6.70. The number of fused-ring (bicyclic) bond motifs is 1. The fraction of sp³-hybridized carbons (Fsp3) is 0.478. The number of benzene rings is 2. The van der Waals surface area contributed by atoms with Crippen molar-refractivity contribution in [3.8, 4) is 11.5 Å². The second-order valence-electron chi connectivity index (χ2n) is 9.01. The van der Waals surface area contributed by atoms with Gasteiger partial charge in [-0.15, -0.1) is 17.0 Å². The first-order chi connectivity index (χ1) is 12.8. The molecule has 1 aliphatic heterocycles. The molecule has 1 unspecified atom stereocenters. The van der Waals surface area contributed by atoms with Crippen LogP contribution >= 0.6 is 28.6 Å². The van der Waals surface area contributed by atoms with Crippen molar-refractivity contribution in [3.63, 3.8) is 0 Å². The van der Waals surface area contributed by atoms with Crippen LogP contribution in [0.2, 0.25) is 5.02 Å². The minimum atomic E-state index is -0.0488. The van der Waals surface area contributed by atoms with Crippen molar-refractivity contribution in [1.82, 2.24) is 4.90 Å². The Kier molecular flexibility index (Phi) is 5.79. The molecule has 3 nitrogen and oxygen atoms in total. The highest BCUT2D eigenvalue weighted by molar-refractivity contribution is 8.93. The smallest absolute Gasteiger partial charge is 0.160 e. The highest BCUT2D eigenvalue weighted by atomic mass is 79.9. The molecule has 1 N–H and O–H groups in total. The van der Waals surface area contributed by atoms with Gasteiger partial charge in [0.05, 0.1) is 7.11 Å². The van der Waals surface area contributed by atoms with E-state index in [9.17, 15) is 5.11 Å². The van der Waals surface area contributed by atoms with E-state index >= 15 is 0 Å². The largest absolute Gasteiger partial charge is 0.504 e. The molecule has 0 aromatic heterocycles. The lowest BCUT2D eigenvalue weighted by atomic mass is 9.47. The van der Waals surface area contributed by atoms with E-state index in [-0.39, 0.29) is 39.6 Å². The van der Waals surface area contributed by atoms with Crippen molar-refractivity contribution in [3.05, 3.63) is 58.1 Å². The molecular weight excluding hydrogens is 438 g/mol. The third-order valence-corrected chi connectivity index (χ3v) is 6.76. The number of ether oxygens (including phenoxy) is 1. The van der Waals surface area contributed by atoms with Crippen LogP contribution in [-0.2, 0) is 11.8 Å². The van der Waals surface area contributed by atoms with Crippen molar-refractivity contribution >= 4 is 28.6 Å². The van der Waals surface area contributed by atoms with E-state index in [1.165, 1.54) is 16.7 Å². The summed E-state index contributed by atoms with van der Waals surface area (Å²) in [5.74, 6) is 0.766. The molecule has 2 aromatic rings. The lowest BCUT2D eigenvalue weighted by molar-refractivity contribution is -0.0197. The quantitative estimate of drug-likeness (QED) is 0.609. The minimum absolute atomic E-state index is 0. The normalized spacial score (nSPS) is 22.5. The van der Waals surface area contributed by atoms with Gasteiger partial charge in [-0.25, -0.2) is 0 Å². The fourth-order valence-corrected chi connectivity index (χ4v) is 6.02. The zero-order chi connectivity index (χ0) is 19.4. The average molecular weight is 467 g/mol. The van der Waals surface area contributed by atoms with Crippen molar-refractivity contribution in [1.29, 1.82) is 0 Å². The molecule has 0 saturated heterocycles. The Morgan fingerprint density at radius 3 is 2.46 bits per heavy atom. The maximum absolute atomic E-state index is 10.5. The number of aromatic hydroxyl groups is 1. The van der Waals surface area contributed by atoms with Crippen LogP contribution in [0.15, 0.2) is 36.4 Å². The summed E-state index contributed by atoms with van der Waals surface area (Å²) in [5, 5.41) is 11.3. The summed E-state index contributed by atoms with van der Waals surface area (Å²) in [4.78, 5) is 2.44. The van der Waals surface area contributed by atoms with E-state index in [1.54, 1.807) is 7.11 Å². The molecule has 1 aliphatic carbocycles. The van der Waals surface area contributed by atoms with Gasteiger partial charge in [-0.05, 0) is 66.6 Å². The number of phenolic OH excluding ortho intramolecular Hbond substituents is 1. The van der Waals surface area contributed by atoms with Crippen molar-refractivity contribution in [2.24, 2.45) is 5.41 Å². The minimum Gasteiger partial charge on any atom is -0.504 e. The van der Waals surface area contributed by atoms with Crippen molar-refractivity contribution in [2.75, 3.05) is 20.7 Å². The second-order valence-corrected chi connectivity index (χ2v) is 9.42. The van der Waals surface area contributed by atoms with Crippen LogP contribution in [0.25, 0.3) is 0 Å². The molecule has 5 heteroatoms. The highest BCUT2D eigenvalue weighted by Crippen LogP contribution is 2.64. The standard InChI is InChI=1S/C23H28ClNO2.BrH/c1-22(2)13-23(14-22,17-7-5-6-8-18(17)24)21-16-12-19(26)20(27-4)11-15(16)9-10-25(21)3;/h5-8,11-12,21,26H,9-10,13-14H2,1-4H3;1H. The van der Waals surface area contributed by atoms with Crippen LogP contribution in [0, 0.1) is 5.41 Å². The second kappa shape index (κ2) is 7.55. The average Bonchev–Trinajstić information content (AvgIpc) is 2.59. The Morgan fingerprint density at radius 1 is 1.18 bits per heavy atom. The molecule has 2 aromatic carbocycles. The Labute approximate surface area is 183 Å². The molecule has 152 valence electrons. The number of halogens is 2. The van der Waals surface area contributed by atoms with Crippen LogP contribution in [-0.4, -0.2) is 30.7 Å². The number of likely N-dealkylation sites (N-methyl/N-ethyl adjacent to an activating group) is 1. The molecule has 0 amide bonds. The van der Waals surface area contributed by atoms with Crippen LogP contribution in [0.3, 0.4) is 0 Å². The van der Waals surface area contributed by atoms with Gasteiger partial charge < -0.3 is 9.84 Å². The summed E-state index contributed by atoms with van der Waals surface area (Å²) in [6.07, 6.45) is 3.11. The number of hydrogen-bond donors (Lipinski definition) is 1. The van der Waals surface area contributed by atoms with Crippen LogP contribution < -0.4 is 4.74 Å². The molecule has 0 bridgehead atoms. The lowest BCUT2D eigenvalue weighted by Crippen LogP contribution is -2.56. The first-order valence-electron chi connectivity index (χ1n) is 9.62. The van der Waals surface area contributed by atoms with E-state index in [0.717, 1.165) is 30.8 Å². The molecular formula is C23H29BrClNO2. The van der Waals surface area contributed by atoms with Gasteiger partial charge in [0.2, 0.25) is 0 Å². The third kappa shape index (κ3) is 3.34. The Balaban J connectivity index is 0.00000225. The fourth-order valence-electron chi connectivity index (χ4n) is 5.70. The van der Waals surface area contributed by atoms with Gasteiger partial charge >= 0.3 is 0 Å². The van der Waals surface area contributed by atoms with Gasteiger partial charge in [0, 0.05) is 23.0 Å². The zero-order valence-corrected chi connectivity index (χ0v) is 19.4. The summed E-state index contributed by atoms with van der Waals surface area (Å²) < 4.78 is 5.35. The zero-order valence-electron chi connectivity index (χ0n) is 17.0. The number of phenols is 1. The molecule has 1 saturated carbocycles. The van der Waals surface area contributed by atoms with E-state index in [4.69, 9.17) is 16.3 Å². The third-order valence-electron chi connectivity index (χ3n) is 6.43. The molecule has 1 atom stereocenters. The molecule has 0 spiro atoms. The topological polar surface area (TPSA) is 32.7 Å². The lowest BCUT2D eigenvalue weighted by Gasteiger charge is -2.60. The molecule has 0 radical (unpaired) electrons. The predicted octanol–water partition coefficient (Wildman–Crippen LogP) is 5.92. The summed E-state index contributed by atoms with van der Waals surface area (Å²) in [6.45, 7) is 5.65. The Bertz CT molecular complexity index is 875. The molecule has 1 heterocycles. The SMILES string of the molecule is Br.COc1cc2c(cc1O)C(C1(c3ccccc3Cl)CC(C)(C)C1)N(C)CC2.